The molecule has 0 bridgehead atoms. The number of fused-ring (bicyclic) bond motifs is 1. The van der Waals surface area contributed by atoms with Crippen molar-refractivity contribution in [3.63, 3.8) is 0 Å². The van der Waals surface area contributed by atoms with Crippen molar-refractivity contribution in [3.05, 3.63) is 76.0 Å². The number of benzene rings is 1. The van der Waals surface area contributed by atoms with Gasteiger partial charge in [0.2, 0.25) is 0 Å². The van der Waals surface area contributed by atoms with Crippen LogP contribution in [0.1, 0.15) is 16.8 Å². The summed E-state index contributed by atoms with van der Waals surface area (Å²) in [6.45, 7) is 2.36. The van der Waals surface area contributed by atoms with Gasteiger partial charge in [0.15, 0.2) is 0 Å². The third-order valence-corrected chi connectivity index (χ3v) is 4.96. The van der Waals surface area contributed by atoms with E-state index < -0.39 is 0 Å². The van der Waals surface area contributed by atoms with Gasteiger partial charge >= 0.3 is 0 Å². The van der Waals surface area contributed by atoms with E-state index in [-0.39, 0.29) is 5.56 Å². The molecule has 2 aromatic heterocycles. The number of anilines is 1. The first-order valence-electron chi connectivity index (χ1n) is 9.11. The Morgan fingerprint density at radius 3 is 2.56 bits per heavy atom. The Morgan fingerprint density at radius 2 is 1.85 bits per heavy atom. The molecule has 6 heteroatoms. The van der Waals surface area contributed by atoms with Gasteiger partial charge in [-0.05, 0) is 29.8 Å². The fourth-order valence-corrected chi connectivity index (χ4v) is 3.42. The van der Waals surface area contributed by atoms with Crippen LogP contribution in [0.15, 0.2) is 53.6 Å². The minimum Gasteiger partial charge on any atom is -0.378 e. The Balaban J connectivity index is 1.52. The Hall–Kier alpha value is -2.99. The van der Waals surface area contributed by atoms with Crippen LogP contribution >= 0.6 is 0 Å². The molecular weight excluding hydrogens is 338 g/mol. The van der Waals surface area contributed by atoms with E-state index in [4.69, 9.17) is 4.98 Å². The van der Waals surface area contributed by atoms with E-state index in [2.05, 4.69) is 44.0 Å². The highest BCUT2D eigenvalue weighted by Crippen LogP contribution is 2.20. The minimum absolute atomic E-state index is 0.0422. The summed E-state index contributed by atoms with van der Waals surface area (Å²) in [5.41, 5.74) is 4.97. The monoisotopic (exact) mass is 361 g/mol. The number of aromatic amines is 1. The van der Waals surface area contributed by atoms with Crippen LogP contribution < -0.4 is 10.5 Å². The van der Waals surface area contributed by atoms with Crippen LogP contribution in [-0.2, 0) is 19.5 Å². The number of nitrogens with one attached hydrogen (secondary N) is 1. The topological polar surface area (TPSA) is 65.1 Å². The van der Waals surface area contributed by atoms with Crippen LogP contribution in [-0.4, -0.2) is 40.5 Å². The number of H-pyrrole nitrogens is 1. The van der Waals surface area contributed by atoms with E-state index in [0.717, 1.165) is 36.3 Å². The van der Waals surface area contributed by atoms with Crippen LogP contribution in [0, 0.1) is 0 Å². The summed E-state index contributed by atoms with van der Waals surface area (Å²) < 4.78 is 0. The summed E-state index contributed by atoms with van der Waals surface area (Å²) in [4.78, 5) is 28.7. The minimum atomic E-state index is -0.0422. The molecule has 3 heterocycles. The molecule has 138 valence electrons. The first kappa shape index (κ1) is 17.4. The van der Waals surface area contributed by atoms with Crippen LogP contribution in [0.25, 0.3) is 11.4 Å². The molecule has 0 fully saturated rings. The van der Waals surface area contributed by atoms with E-state index in [1.807, 2.05) is 26.2 Å². The number of rotatable bonds is 4. The van der Waals surface area contributed by atoms with E-state index in [1.165, 1.54) is 11.3 Å². The Bertz CT molecular complexity index is 980. The maximum Gasteiger partial charge on any atom is 0.255 e. The van der Waals surface area contributed by atoms with Crippen LogP contribution in [0.2, 0.25) is 0 Å². The van der Waals surface area contributed by atoms with Crippen LogP contribution in [0.5, 0.6) is 0 Å². The van der Waals surface area contributed by atoms with Gasteiger partial charge in [0.25, 0.3) is 5.56 Å². The van der Waals surface area contributed by atoms with E-state index in [0.29, 0.717) is 12.4 Å². The third kappa shape index (κ3) is 3.75. The lowest BCUT2D eigenvalue weighted by Gasteiger charge is -2.28. The SMILES string of the molecule is CN(C)c1ccc(CN2CCc3nc(-c4ccncc4)[nH]c(=O)c3C2)cc1. The number of hydrogen-bond donors (Lipinski definition) is 1. The normalized spacial score (nSPS) is 14.0. The number of pyridine rings is 1. The number of aromatic nitrogens is 3. The molecule has 0 unspecified atom stereocenters. The van der Waals surface area contributed by atoms with Crippen LogP contribution in [0.3, 0.4) is 0 Å². The van der Waals surface area contributed by atoms with Gasteiger partial charge < -0.3 is 9.88 Å². The van der Waals surface area contributed by atoms with Gasteiger partial charge in [-0.15, -0.1) is 0 Å². The van der Waals surface area contributed by atoms with Crippen molar-refractivity contribution in [2.45, 2.75) is 19.5 Å². The molecule has 1 N–H and O–H groups in total. The van der Waals surface area contributed by atoms with E-state index >= 15 is 0 Å². The van der Waals surface area contributed by atoms with Gasteiger partial charge in [-0.2, -0.15) is 0 Å². The molecule has 27 heavy (non-hydrogen) atoms. The molecule has 0 radical (unpaired) electrons. The molecular formula is C21H23N5O. The number of hydrogen-bond acceptors (Lipinski definition) is 5. The van der Waals surface area contributed by atoms with Crippen molar-refractivity contribution in [1.82, 2.24) is 19.9 Å². The summed E-state index contributed by atoms with van der Waals surface area (Å²) in [6, 6.07) is 12.3. The summed E-state index contributed by atoms with van der Waals surface area (Å²) in [6.07, 6.45) is 4.20. The second-order valence-corrected chi connectivity index (χ2v) is 7.10. The lowest BCUT2D eigenvalue weighted by Crippen LogP contribution is -2.35. The van der Waals surface area contributed by atoms with Crippen molar-refractivity contribution in [2.75, 3.05) is 25.5 Å². The summed E-state index contributed by atoms with van der Waals surface area (Å²) in [5, 5.41) is 0. The highest BCUT2D eigenvalue weighted by Gasteiger charge is 2.21. The summed E-state index contributed by atoms with van der Waals surface area (Å²) in [7, 11) is 4.08. The lowest BCUT2D eigenvalue weighted by atomic mass is 10.1. The second kappa shape index (κ2) is 7.32. The molecule has 1 aliphatic heterocycles. The molecule has 1 aliphatic rings. The first-order valence-corrected chi connectivity index (χ1v) is 9.11. The maximum atomic E-state index is 12.6. The highest BCUT2D eigenvalue weighted by atomic mass is 16.1. The molecule has 0 saturated carbocycles. The fourth-order valence-electron chi connectivity index (χ4n) is 3.42. The van der Waals surface area contributed by atoms with Crippen molar-refractivity contribution in [1.29, 1.82) is 0 Å². The molecule has 0 amide bonds. The molecule has 4 rings (SSSR count). The van der Waals surface area contributed by atoms with Gasteiger partial charge in [-0.25, -0.2) is 4.98 Å². The van der Waals surface area contributed by atoms with Crippen molar-refractivity contribution in [2.24, 2.45) is 0 Å². The van der Waals surface area contributed by atoms with Crippen molar-refractivity contribution >= 4 is 5.69 Å². The first-order chi connectivity index (χ1) is 13.1. The number of nitrogens with zero attached hydrogens (tertiary/aromatic N) is 4. The van der Waals surface area contributed by atoms with Gasteiger partial charge in [0, 0.05) is 63.8 Å². The quantitative estimate of drug-likeness (QED) is 0.773. The zero-order valence-corrected chi connectivity index (χ0v) is 15.6. The average Bonchev–Trinajstić information content (AvgIpc) is 2.69. The lowest BCUT2D eigenvalue weighted by molar-refractivity contribution is 0.242. The summed E-state index contributed by atoms with van der Waals surface area (Å²) >= 11 is 0. The molecule has 0 spiro atoms. The maximum absolute atomic E-state index is 12.6. The molecule has 3 aromatic rings. The van der Waals surface area contributed by atoms with Crippen molar-refractivity contribution < 1.29 is 0 Å². The highest BCUT2D eigenvalue weighted by molar-refractivity contribution is 5.54. The average molecular weight is 361 g/mol. The van der Waals surface area contributed by atoms with Crippen LogP contribution in [0.4, 0.5) is 5.69 Å². The standard InChI is InChI=1S/C21H23N5O/c1-25(2)17-5-3-15(4-6-17)13-26-12-9-19-18(14-26)21(27)24-20(23-19)16-7-10-22-11-8-16/h3-8,10-11H,9,12-14H2,1-2H3,(H,23,24,27). The molecule has 1 aromatic carbocycles. The Labute approximate surface area is 158 Å². The molecule has 6 nitrogen and oxygen atoms in total. The predicted molar refractivity (Wildman–Crippen MR) is 107 cm³/mol. The van der Waals surface area contributed by atoms with Gasteiger partial charge in [0.1, 0.15) is 5.82 Å². The van der Waals surface area contributed by atoms with Gasteiger partial charge in [0.05, 0.1) is 11.3 Å². The van der Waals surface area contributed by atoms with Crippen molar-refractivity contribution in [3.8, 4) is 11.4 Å². The van der Waals surface area contributed by atoms with E-state index in [1.54, 1.807) is 12.4 Å². The molecule has 0 atom stereocenters. The second-order valence-electron chi connectivity index (χ2n) is 7.10. The largest absolute Gasteiger partial charge is 0.378 e. The third-order valence-electron chi connectivity index (χ3n) is 4.96. The Morgan fingerprint density at radius 1 is 1.11 bits per heavy atom. The predicted octanol–water partition coefficient (Wildman–Crippen LogP) is 2.46. The molecule has 0 aliphatic carbocycles. The zero-order chi connectivity index (χ0) is 18.8. The van der Waals surface area contributed by atoms with E-state index in [9.17, 15) is 4.79 Å². The molecule has 0 saturated heterocycles. The fraction of sp³-hybridized carbons (Fsp3) is 0.286. The summed E-state index contributed by atoms with van der Waals surface area (Å²) in [5.74, 6) is 0.619. The van der Waals surface area contributed by atoms with Gasteiger partial charge in [-0.3, -0.25) is 14.7 Å². The smallest absolute Gasteiger partial charge is 0.255 e. The Kier molecular flexibility index (Phi) is 4.73. The van der Waals surface area contributed by atoms with Gasteiger partial charge in [-0.1, -0.05) is 12.1 Å². The zero-order valence-electron chi connectivity index (χ0n) is 15.6.